The van der Waals surface area contributed by atoms with Crippen molar-refractivity contribution in [3.05, 3.63) is 66.4 Å². The van der Waals surface area contributed by atoms with Crippen molar-refractivity contribution in [1.29, 1.82) is 0 Å². The van der Waals surface area contributed by atoms with Crippen LogP contribution in [-0.2, 0) is 13.0 Å². The van der Waals surface area contributed by atoms with Crippen molar-refractivity contribution < 1.29 is 9.26 Å². The Morgan fingerprint density at radius 3 is 2.41 bits per heavy atom. The Labute approximate surface area is 172 Å². The van der Waals surface area contributed by atoms with Gasteiger partial charge in [-0.25, -0.2) is 4.98 Å². The molecular formula is C21H19N5O2S. The second kappa shape index (κ2) is 8.83. The van der Waals surface area contributed by atoms with E-state index in [-0.39, 0.29) is 6.61 Å². The Bertz CT molecular complexity index is 1080. The zero-order valence-electron chi connectivity index (χ0n) is 16.1. The molecule has 4 aromatic rings. The minimum Gasteiger partial charge on any atom is -0.467 e. The summed E-state index contributed by atoms with van der Waals surface area (Å²) in [6.07, 6.45) is 6.23. The van der Waals surface area contributed by atoms with Gasteiger partial charge in [0.05, 0.1) is 0 Å². The molecule has 0 aliphatic carbocycles. The van der Waals surface area contributed by atoms with E-state index < -0.39 is 0 Å². The minimum absolute atomic E-state index is 0.131. The molecule has 0 radical (unpaired) electrons. The lowest BCUT2D eigenvalue weighted by Crippen LogP contribution is -2.02. The van der Waals surface area contributed by atoms with Crippen molar-refractivity contribution >= 4 is 11.8 Å². The van der Waals surface area contributed by atoms with Gasteiger partial charge in [-0.15, -0.1) is 11.8 Å². The fourth-order valence-electron chi connectivity index (χ4n) is 2.66. The second-order valence-corrected chi connectivity index (χ2v) is 7.02. The van der Waals surface area contributed by atoms with E-state index in [0.717, 1.165) is 23.2 Å². The molecule has 0 aliphatic heterocycles. The summed E-state index contributed by atoms with van der Waals surface area (Å²) in [6, 6.07) is 13.6. The maximum atomic E-state index is 5.82. The molecule has 0 N–H and O–H groups in total. The first kappa shape index (κ1) is 19.1. The van der Waals surface area contributed by atoms with Gasteiger partial charge < -0.3 is 9.26 Å². The lowest BCUT2D eigenvalue weighted by molar-refractivity contribution is 0.235. The van der Waals surface area contributed by atoms with E-state index >= 15 is 0 Å². The largest absolute Gasteiger partial charge is 0.467 e. The van der Waals surface area contributed by atoms with Crippen LogP contribution < -0.4 is 4.74 Å². The maximum absolute atomic E-state index is 5.82. The van der Waals surface area contributed by atoms with E-state index in [9.17, 15) is 0 Å². The minimum atomic E-state index is 0.131. The number of benzene rings is 1. The molecule has 0 unspecified atom stereocenters. The molecule has 0 fully saturated rings. The molecule has 1 aromatic carbocycles. The fraction of sp³-hybridized carbons (Fsp3) is 0.190. The number of aromatic nitrogens is 5. The number of nitrogens with zero attached hydrogens (tertiary/aromatic N) is 5. The van der Waals surface area contributed by atoms with E-state index in [1.807, 2.05) is 55.6 Å². The van der Waals surface area contributed by atoms with Crippen LogP contribution in [0.2, 0.25) is 0 Å². The van der Waals surface area contributed by atoms with E-state index in [2.05, 4.69) is 25.1 Å². The molecule has 7 nitrogen and oxygen atoms in total. The van der Waals surface area contributed by atoms with Gasteiger partial charge in [-0.2, -0.15) is 9.97 Å². The lowest BCUT2D eigenvalue weighted by Gasteiger charge is -2.07. The molecule has 3 aromatic heterocycles. The van der Waals surface area contributed by atoms with Crippen LogP contribution in [0.5, 0.6) is 5.88 Å². The molecular weight excluding hydrogens is 386 g/mol. The zero-order valence-corrected chi connectivity index (χ0v) is 16.9. The van der Waals surface area contributed by atoms with Crippen LogP contribution in [0.15, 0.2) is 64.3 Å². The monoisotopic (exact) mass is 405 g/mol. The molecule has 0 amide bonds. The Morgan fingerprint density at radius 1 is 0.931 bits per heavy atom. The highest BCUT2D eigenvalue weighted by Gasteiger charge is 2.12. The molecule has 8 heteroatoms. The number of rotatable bonds is 7. The van der Waals surface area contributed by atoms with Gasteiger partial charge >= 0.3 is 0 Å². The van der Waals surface area contributed by atoms with Crippen LogP contribution in [0.3, 0.4) is 0 Å². The standard InChI is InChI=1S/C21H19N5O2S/c1-3-16-12-18(24-20(23-16)15-8-10-22-11-9-15)27-13-19-25-21(26-28-19)14-4-6-17(29-2)7-5-14/h4-12H,3,13H2,1-2H3. The molecule has 4 rings (SSSR count). The number of hydrogen-bond donors (Lipinski definition) is 0. The Hall–Kier alpha value is -3.26. The highest BCUT2D eigenvalue weighted by Crippen LogP contribution is 2.22. The van der Waals surface area contributed by atoms with Gasteiger partial charge in [0.1, 0.15) is 0 Å². The van der Waals surface area contributed by atoms with Crippen molar-refractivity contribution in [2.45, 2.75) is 24.8 Å². The number of hydrogen-bond acceptors (Lipinski definition) is 8. The highest BCUT2D eigenvalue weighted by atomic mass is 32.2. The van der Waals surface area contributed by atoms with E-state index in [1.165, 1.54) is 4.90 Å². The van der Waals surface area contributed by atoms with Crippen molar-refractivity contribution in [2.24, 2.45) is 0 Å². The maximum Gasteiger partial charge on any atom is 0.264 e. The van der Waals surface area contributed by atoms with Gasteiger partial charge in [0.25, 0.3) is 5.89 Å². The van der Waals surface area contributed by atoms with Crippen molar-refractivity contribution in [3.8, 4) is 28.7 Å². The average Bonchev–Trinajstić information content (AvgIpc) is 3.27. The molecule has 0 spiro atoms. The SMILES string of the molecule is CCc1cc(OCc2nc(-c3ccc(SC)cc3)no2)nc(-c2ccncc2)n1. The predicted molar refractivity (Wildman–Crippen MR) is 110 cm³/mol. The summed E-state index contributed by atoms with van der Waals surface area (Å²) in [5.41, 5.74) is 2.67. The van der Waals surface area contributed by atoms with Crippen LogP contribution >= 0.6 is 11.8 Å². The summed E-state index contributed by atoms with van der Waals surface area (Å²) >= 11 is 1.69. The Morgan fingerprint density at radius 2 is 1.69 bits per heavy atom. The van der Waals surface area contributed by atoms with Crippen molar-refractivity contribution in [1.82, 2.24) is 25.1 Å². The number of ether oxygens (including phenoxy) is 1. The first-order valence-electron chi connectivity index (χ1n) is 9.13. The van der Waals surface area contributed by atoms with Crippen LogP contribution in [0, 0.1) is 0 Å². The summed E-state index contributed by atoms with van der Waals surface area (Å²) in [5, 5.41) is 4.04. The molecule has 0 saturated heterocycles. The average molecular weight is 405 g/mol. The van der Waals surface area contributed by atoms with E-state index in [0.29, 0.717) is 23.4 Å². The lowest BCUT2D eigenvalue weighted by atomic mass is 10.2. The molecule has 3 heterocycles. The summed E-state index contributed by atoms with van der Waals surface area (Å²) in [4.78, 5) is 18.7. The normalized spacial score (nSPS) is 10.8. The smallest absolute Gasteiger partial charge is 0.264 e. The molecule has 0 aliphatic rings. The third kappa shape index (κ3) is 4.60. The van der Waals surface area contributed by atoms with Crippen molar-refractivity contribution in [2.75, 3.05) is 6.26 Å². The van der Waals surface area contributed by atoms with Gasteiger partial charge in [0.15, 0.2) is 12.4 Å². The Kier molecular flexibility index (Phi) is 5.81. The van der Waals surface area contributed by atoms with Crippen LogP contribution in [-0.4, -0.2) is 31.3 Å². The first-order valence-corrected chi connectivity index (χ1v) is 10.4. The molecule has 0 atom stereocenters. The van der Waals surface area contributed by atoms with Gasteiger partial charge in [0.2, 0.25) is 11.7 Å². The van der Waals surface area contributed by atoms with Gasteiger partial charge in [-0.05, 0) is 49.1 Å². The molecule has 29 heavy (non-hydrogen) atoms. The quantitative estimate of drug-likeness (QED) is 0.417. The third-order valence-corrected chi connectivity index (χ3v) is 4.96. The van der Waals surface area contributed by atoms with Gasteiger partial charge in [-0.3, -0.25) is 4.98 Å². The van der Waals surface area contributed by atoms with Crippen LogP contribution in [0.4, 0.5) is 0 Å². The Balaban J connectivity index is 1.49. The second-order valence-electron chi connectivity index (χ2n) is 6.14. The number of pyridine rings is 1. The third-order valence-electron chi connectivity index (χ3n) is 4.22. The van der Waals surface area contributed by atoms with E-state index in [1.54, 1.807) is 24.2 Å². The summed E-state index contributed by atoms with van der Waals surface area (Å²) in [6.45, 7) is 2.17. The first-order chi connectivity index (χ1) is 14.2. The fourth-order valence-corrected chi connectivity index (χ4v) is 3.07. The van der Waals surface area contributed by atoms with Crippen LogP contribution in [0.1, 0.15) is 18.5 Å². The summed E-state index contributed by atoms with van der Waals surface area (Å²) in [5.74, 6) is 1.98. The topological polar surface area (TPSA) is 86.8 Å². The predicted octanol–water partition coefficient (Wildman–Crippen LogP) is 4.45. The molecule has 0 bridgehead atoms. The van der Waals surface area contributed by atoms with Crippen molar-refractivity contribution in [3.63, 3.8) is 0 Å². The zero-order chi connectivity index (χ0) is 20.1. The number of aryl methyl sites for hydroxylation is 1. The summed E-state index contributed by atoms with van der Waals surface area (Å²) in [7, 11) is 0. The van der Waals surface area contributed by atoms with Gasteiger partial charge in [0, 0.05) is 40.2 Å². The highest BCUT2D eigenvalue weighted by molar-refractivity contribution is 7.98. The molecule has 146 valence electrons. The van der Waals surface area contributed by atoms with Gasteiger partial charge in [-0.1, -0.05) is 12.1 Å². The van der Waals surface area contributed by atoms with Crippen LogP contribution in [0.25, 0.3) is 22.8 Å². The molecule has 0 saturated carbocycles. The summed E-state index contributed by atoms with van der Waals surface area (Å²) < 4.78 is 11.1. The van der Waals surface area contributed by atoms with E-state index in [4.69, 9.17) is 9.26 Å². The number of thioether (sulfide) groups is 1.